The van der Waals surface area contributed by atoms with Gasteiger partial charge in [-0.1, -0.05) is 26.8 Å². The molecule has 0 saturated carbocycles. The van der Waals surface area contributed by atoms with Gasteiger partial charge in [0.1, 0.15) is 5.75 Å². The summed E-state index contributed by atoms with van der Waals surface area (Å²) >= 11 is 6.64. The Bertz CT molecular complexity index is 484. The molecule has 104 valence electrons. The van der Waals surface area contributed by atoms with Crippen LogP contribution in [0.25, 0.3) is 0 Å². The molecule has 0 spiro atoms. The first-order valence-electron chi connectivity index (χ1n) is 7.02. The van der Waals surface area contributed by atoms with Crippen molar-refractivity contribution in [3.05, 3.63) is 29.3 Å². The Morgan fingerprint density at radius 1 is 1.37 bits per heavy atom. The molecule has 3 unspecified atom stereocenters. The molecule has 0 bridgehead atoms. The molecule has 2 heterocycles. The van der Waals surface area contributed by atoms with Gasteiger partial charge in [0.15, 0.2) is 0 Å². The van der Waals surface area contributed by atoms with E-state index in [1.165, 1.54) is 5.56 Å². The van der Waals surface area contributed by atoms with Crippen LogP contribution in [0.3, 0.4) is 0 Å². The Labute approximate surface area is 120 Å². The van der Waals surface area contributed by atoms with Crippen LogP contribution in [0.5, 0.6) is 5.75 Å². The summed E-state index contributed by atoms with van der Waals surface area (Å²) in [5.41, 5.74) is 2.49. The zero-order valence-corrected chi connectivity index (χ0v) is 12.5. The number of fused-ring (bicyclic) bond motifs is 1. The second-order valence-electron chi connectivity index (χ2n) is 6.43. The lowest BCUT2D eigenvalue weighted by Gasteiger charge is -2.22. The zero-order valence-electron chi connectivity index (χ0n) is 11.8. The minimum Gasteiger partial charge on any atom is -0.492 e. The third-order valence-corrected chi connectivity index (χ3v) is 4.87. The van der Waals surface area contributed by atoms with Crippen LogP contribution >= 0.6 is 11.6 Å². The molecule has 3 rings (SSSR count). The van der Waals surface area contributed by atoms with E-state index in [1.54, 1.807) is 0 Å². The van der Waals surface area contributed by atoms with Gasteiger partial charge in [-0.25, -0.2) is 0 Å². The third kappa shape index (κ3) is 2.25. The normalized spacial score (nSPS) is 29.9. The van der Waals surface area contributed by atoms with Gasteiger partial charge in [0.2, 0.25) is 0 Å². The number of hydrogen-bond donors (Lipinski definition) is 0. The van der Waals surface area contributed by atoms with Crippen molar-refractivity contribution in [2.75, 3.05) is 13.2 Å². The molecule has 1 aromatic rings. The van der Waals surface area contributed by atoms with Crippen LogP contribution in [-0.2, 0) is 10.2 Å². The Hall–Kier alpha value is -0.730. The van der Waals surface area contributed by atoms with Gasteiger partial charge in [-0.05, 0) is 30.0 Å². The first-order valence-corrected chi connectivity index (χ1v) is 7.45. The molecule has 3 atom stereocenters. The van der Waals surface area contributed by atoms with Crippen molar-refractivity contribution in [3.8, 4) is 5.75 Å². The van der Waals surface area contributed by atoms with Gasteiger partial charge in [-0.2, -0.15) is 0 Å². The average molecular weight is 281 g/mol. The SMILES string of the molecule is CC1CCOC1C(Cl)c1ccc2c(c1)C(C)(C)CO2. The van der Waals surface area contributed by atoms with Crippen LogP contribution in [0, 0.1) is 5.92 Å². The molecule has 0 amide bonds. The van der Waals surface area contributed by atoms with Crippen molar-refractivity contribution in [1.29, 1.82) is 0 Å². The Balaban J connectivity index is 1.90. The largest absolute Gasteiger partial charge is 0.492 e. The number of halogens is 1. The quantitative estimate of drug-likeness (QED) is 0.761. The highest BCUT2D eigenvalue weighted by molar-refractivity contribution is 6.21. The van der Waals surface area contributed by atoms with Crippen molar-refractivity contribution in [2.24, 2.45) is 5.92 Å². The van der Waals surface area contributed by atoms with Gasteiger partial charge in [-0.3, -0.25) is 0 Å². The standard InChI is InChI=1S/C16H21ClO2/c1-10-6-7-18-15(10)14(17)11-4-5-13-12(8-11)16(2,3)9-19-13/h4-5,8,10,14-15H,6-7,9H2,1-3H3. The molecule has 0 aliphatic carbocycles. The number of benzene rings is 1. The van der Waals surface area contributed by atoms with E-state index in [9.17, 15) is 0 Å². The number of hydrogen-bond acceptors (Lipinski definition) is 2. The predicted molar refractivity (Wildman–Crippen MR) is 77.1 cm³/mol. The van der Waals surface area contributed by atoms with Crippen molar-refractivity contribution in [3.63, 3.8) is 0 Å². The molecule has 2 nitrogen and oxygen atoms in total. The van der Waals surface area contributed by atoms with Crippen molar-refractivity contribution >= 4 is 11.6 Å². The van der Waals surface area contributed by atoms with E-state index in [1.807, 2.05) is 0 Å². The van der Waals surface area contributed by atoms with Gasteiger partial charge < -0.3 is 9.47 Å². The average Bonchev–Trinajstić information content (AvgIpc) is 2.93. The van der Waals surface area contributed by atoms with Crippen LogP contribution in [-0.4, -0.2) is 19.3 Å². The summed E-state index contributed by atoms with van der Waals surface area (Å²) in [4.78, 5) is 0. The molecule has 2 aliphatic rings. The number of rotatable bonds is 2. The topological polar surface area (TPSA) is 18.5 Å². The van der Waals surface area contributed by atoms with E-state index >= 15 is 0 Å². The summed E-state index contributed by atoms with van der Waals surface area (Å²) in [7, 11) is 0. The highest BCUT2D eigenvalue weighted by Crippen LogP contribution is 2.42. The predicted octanol–water partition coefficient (Wildman–Crippen LogP) is 4.06. The Kier molecular flexibility index (Phi) is 3.26. The maximum absolute atomic E-state index is 6.64. The van der Waals surface area contributed by atoms with E-state index in [0.29, 0.717) is 5.92 Å². The van der Waals surface area contributed by atoms with Gasteiger partial charge in [0, 0.05) is 17.6 Å². The molecule has 19 heavy (non-hydrogen) atoms. The summed E-state index contributed by atoms with van der Waals surface area (Å²) in [6.07, 6.45) is 1.23. The van der Waals surface area contributed by atoms with E-state index < -0.39 is 0 Å². The molecule has 1 saturated heterocycles. The van der Waals surface area contributed by atoms with E-state index in [-0.39, 0.29) is 16.9 Å². The minimum absolute atomic E-state index is 0.0702. The molecule has 1 fully saturated rings. The smallest absolute Gasteiger partial charge is 0.123 e. The fourth-order valence-electron chi connectivity index (χ4n) is 2.99. The molecular formula is C16H21ClO2. The highest BCUT2D eigenvalue weighted by atomic mass is 35.5. The number of ether oxygens (including phenoxy) is 2. The van der Waals surface area contributed by atoms with E-state index in [0.717, 1.165) is 30.9 Å². The first-order chi connectivity index (χ1) is 8.99. The second kappa shape index (κ2) is 4.68. The van der Waals surface area contributed by atoms with Crippen molar-refractivity contribution < 1.29 is 9.47 Å². The summed E-state index contributed by atoms with van der Waals surface area (Å²) < 4.78 is 11.5. The van der Waals surface area contributed by atoms with Crippen LogP contribution < -0.4 is 4.74 Å². The summed E-state index contributed by atoms with van der Waals surface area (Å²) in [6, 6.07) is 6.33. The van der Waals surface area contributed by atoms with Crippen LogP contribution in [0.2, 0.25) is 0 Å². The maximum atomic E-state index is 6.64. The lowest BCUT2D eigenvalue weighted by molar-refractivity contribution is 0.0903. The number of alkyl halides is 1. The van der Waals surface area contributed by atoms with Crippen LogP contribution in [0.1, 0.15) is 43.7 Å². The van der Waals surface area contributed by atoms with Gasteiger partial charge in [-0.15, -0.1) is 11.6 Å². The third-order valence-electron chi connectivity index (χ3n) is 4.37. The highest BCUT2D eigenvalue weighted by Gasteiger charge is 2.35. The van der Waals surface area contributed by atoms with Gasteiger partial charge in [0.05, 0.1) is 18.1 Å². The maximum Gasteiger partial charge on any atom is 0.123 e. The van der Waals surface area contributed by atoms with Crippen LogP contribution in [0.15, 0.2) is 18.2 Å². The fraction of sp³-hybridized carbons (Fsp3) is 0.625. The zero-order chi connectivity index (χ0) is 13.6. The molecule has 1 aromatic carbocycles. The Morgan fingerprint density at radius 2 is 2.16 bits per heavy atom. The minimum atomic E-state index is -0.0702. The summed E-state index contributed by atoms with van der Waals surface area (Å²) in [6.45, 7) is 8.21. The lowest BCUT2D eigenvalue weighted by atomic mass is 9.85. The van der Waals surface area contributed by atoms with Gasteiger partial charge >= 0.3 is 0 Å². The lowest BCUT2D eigenvalue weighted by Crippen LogP contribution is -2.21. The summed E-state index contributed by atoms with van der Waals surface area (Å²) in [5, 5.41) is -0.0702. The van der Waals surface area contributed by atoms with E-state index in [4.69, 9.17) is 21.1 Å². The fourth-order valence-corrected chi connectivity index (χ4v) is 3.45. The molecule has 2 aliphatic heterocycles. The molecular weight excluding hydrogens is 260 g/mol. The van der Waals surface area contributed by atoms with Gasteiger partial charge in [0.25, 0.3) is 0 Å². The summed E-state index contributed by atoms with van der Waals surface area (Å²) in [5.74, 6) is 1.53. The first kappa shape index (κ1) is 13.3. The Morgan fingerprint density at radius 3 is 2.84 bits per heavy atom. The molecule has 0 aromatic heterocycles. The molecule has 0 N–H and O–H groups in total. The van der Waals surface area contributed by atoms with Crippen molar-refractivity contribution in [2.45, 2.75) is 44.1 Å². The monoisotopic (exact) mass is 280 g/mol. The van der Waals surface area contributed by atoms with E-state index in [2.05, 4.69) is 39.0 Å². The second-order valence-corrected chi connectivity index (χ2v) is 6.90. The molecule has 0 radical (unpaired) electrons. The molecule has 3 heteroatoms. The van der Waals surface area contributed by atoms with Crippen LogP contribution in [0.4, 0.5) is 0 Å². The van der Waals surface area contributed by atoms with Crippen molar-refractivity contribution in [1.82, 2.24) is 0 Å².